The molecule has 0 unspecified atom stereocenters. The maximum atomic E-state index is 11.4. The van der Waals surface area contributed by atoms with Gasteiger partial charge in [0.2, 0.25) is 5.91 Å². The average Bonchev–Trinajstić information content (AvgIpc) is 3.11. The summed E-state index contributed by atoms with van der Waals surface area (Å²) in [5, 5.41) is 5.82. The first-order chi connectivity index (χ1) is 8.15. The number of nitrogens with zero attached hydrogens (tertiary/aromatic N) is 1. The van der Waals surface area contributed by atoms with E-state index < -0.39 is 0 Å². The lowest BCUT2D eigenvalue weighted by atomic mass is 10.3. The van der Waals surface area contributed by atoms with E-state index >= 15 is 0 Å². The van der Waals surface area contributed by atoms with E-state index in [4.69, 9.17) is 18.0 Å². The summed E-state index contributed by atoms with van der Waals surface area (Å²) in [6.07, 6.45) is 3.77. The number of hydrogen-bond donors (Lipinski definition) is 3. The van der Waals surface area contributed by atoms with Gasteiger partial charge in [0.05, 0.1) is 6.54 Å². The first-order valence-electron chi connectivity index (χ1n) is 5.44. The van der Waals surface area contributed by atoms with Crippen LogP contribution in [0.4, 0.5) is 5.82 Å². The molecule has 17 heavy (non-hydrogen) atoms. The van der Waals surface area contributed by atoms with E-state index in [1.165, 1.54) is 0 Å². The van der Waals surface area contributed by atoms with Crippen molar-refractivity contribution in [2.24, 2.45) is 5.73 Å². The molecule has 0 bridgehead atoms. The molecule has 90 valence electrons. The number of carbonyl (C=O) groups excluding carboxylic acids is 1. The van der Waals surface area contributed by atoms with Gasteiger partial charge in [0.15, 0.2) is 0 Å². The molecule has 1 heterocycles. The molecule has 1 aliphatic rings. The lowest BCUT2D eigenvalue weighted by Crippen LogP contribution is -2.31. The zero-order valence-electron chi connectivity index (χ0n) is 9.27. The van der Waals surface area contributed by atoms with Gasteiger partial charge in [-0.1, -0.05) is 12.2 Å². The number of aromatic nitrogens is 1. The molecule has 1 aromatic heterocycles. The molecule has 0 aromatic carbocycles. The van der Waals surface area contributed by atoms with Gasteiger partial charge < -0.3 is 16.4 Å². The fourth-order valence-corrected chi connectivity index (χ4v) is 1.44. The maximum Gasteiger partial charge on any atom is 0.239 e. The number of nitrogens with one attached hydrogen (secondary N) is 2. The van der Waals surface area contributed by atoms with Gasteiger partial charge in [-0.3, -0.25) is 4.79 Å². The second kappa shape index (κ2) is 5.09. The van der Waals surface area contributed by atoms with Crippen LogP contribution in [-0.4, -0.2) is 28.5 Å². The molecule has 1 saturated carbocycles. The van der Waals surface area contributed by atoms with Gasteiger partial charge in [-0.05, 0) is 25.0 Å². The number of amides is 1. The van der Waals surface area contributed by atoms with Crippen molar-refractivity contribution in [3.8, 4) is 0 Å². The average molecular weight is 250 g/mol. The minimum absolute atomic E-state index is 0.00674. The SMILES string of the molecule is NC(=S)c1ccc(NCC(=O)NC2CC2)nc1. The highest BCUT2D eigenvalue weighted by molar-refractivity contribution is 7.80. The zero-order valence-corrected chi connectivity index (χ0v) is 10.1. The van der Waals surface area contributed by atoms with Crippen LogP contribution in [0, 0.1) is 0 Å². The lowest BCUT2D eigenvalue weighted by molar-refractivity contribution is -0.119. The number of rotatable bonds is 5. The molecule has 1 amide bonds. The van der Waals surface area contributed by atoms with Crippen LogP contribution in [0.3, 0.4) is 0 Å². The fraction of sp³-hybridized carbons (Fsp3) is 0.364. The third-order valence-corrected chi connectivity index (χ3v) is 2.66. The molecule has 1 fully saturated rings. The molecule has 0 aliphatic heterocycles. The number of carbonyl (C=O) groups is 1. The summed E-state index contributed by atoms with van der Waals surface area (Å²) >= 11 is 4.82. The summed E-state index contributed by atoms with van der Waals surface area (Å²) in [5.74, 6) is 0.628. The Morgan fingerprint density at radius 2 is 2.29 bits per heavy atom. The first kappa shape index (κ1) is 11.8. The van der Waals surface area contributed by atoms with Crippen molar-refractivity contribution in [1.29, 1.82) is 0 Å². The van der Waals surface area contributed by atoms with Gasteiger partial charge in [0.25, 0.3) is 0 Å². The number of nitrogens with two attached hydrogens (primary N) is 1. The monoisotopic (exact) mass is 250 g/mol. The van der Waals surface area contributed by atoms with Gasteiger partial charge in [-0.15, -0.1) is 0 Å². The second-order valence-electron chi connectivity index (χ2n) is 3.99. The Bertz CT molecular complexity index is 428. The number of anilines is 1. The van der Waals surface area contributed by atoms with Gasteiger partial charge in [0, 0.05) is 17.8 Å². The molecule has 0 radical (unpaired) electrons. The van der Waals surface area contributed by atoms with Crippen molar-refractivity contribution in [2.45, 2.75) is 18.9 Å². The van der Waals surface area contributed by atoms with Crippen molar-refractivity contribution in [1.82, 2.24) is 10.3 Å². The minimum atomic E-state index is -0.00674. The van der Waals surface area contributed by atoms with Gasteiger partial charge in [-0.25, -0.2) is 4.98 Å². The number of thiocarbonyl (C=S) groups is 1. The Labute approximate surface area is 105 Å². The van der Waals surface area contributed by atoms with E-state index in [1.807, 2.05) is 0 Å². The highest BCUT2D eigenvalue weighted by Gasteiger charge is 2.22. The van der Waals surface area contributed by atoms with Gasteiger partial charge in [-0.2, -0.15) is 0 Å². The van der Waals surface area contributed by atoms with Crippen LogP contribution >= 0.6 is 12.2 Å². The van der Waals surface area contributed by atoms with Gasteiger partial charge in [0.1, 0.15) is 10.8 Å². The number of hydrogen-bond acceptors (Lipinski definition) is 4. The molecule has 1 aromatic rings. The smallest absolute Gasteiger partial charge is 0.239 e. The van der Waals surface area contributed by atoms with E-state index in [0.717, 1.165) is 12.8 Å². The first-order valence-corrected chi connectivity index (χ1v) is 5.85. The van der Waals surface area contributed by atoms with E-state index in [-0.39, 0.29) is 12.5 Å². The van der Waals surface area contributed by atoms with Crippen LogP contribution in [0.25, 0.3) is 0 Å². The molecule has 6 heteroatoms. The van der Waals surface area contributed by atoms with Crippen LogP contribution in [0.5, 0.6) is 0 Å². The summed E-state index contributed by atoms with van der Waals surface area (Å²) in [7, 11) is 0. The molecule has 1 aliphatic carbocycles. The molecule has 0 saturated heterocycles. The van der Waals surface area contributed by atoms with Crippen molar-refractivity contribution < 1.29 is 4.79 Å². The van der Waals surface area contributed by atoms with Crippen molar-refractivity contribution in [2.75, 3.05) is 11.9 Å². The van der Waals surface area contributed by atoms with Crippen LogP contribution in [-0.2, 0) is 4.79 Å². The third-order valence-electron chi connectivity index (χ3n) is 2.42. The second-order valence-corrected chi connectivity index (χ2v) is 4.43. The van der Waals surface area contributed by atoms with E-state index in [0.29, 0.717) is 22.4 Å². The van der Waals surface area contributed by atoms with Crippen molar-refractivity contribution in [3.63, 3.8) is 0 Å². The normalized spacial score (nSPS) is 14.1. The predicted molar refractivity (Wildman–Crippen MR) is 69.8 cm³/mol. The Balaban J connectivity index is 1.81. The van der Waals surface area contributed by atoms with Crippen LogP contribution in [0.15, 0.2) is 18.3 Å². The van der Waals surface area contributed by atoms with E-state index in [2.05, 4.69) is 15.6 Å². The van der Waals surface area contributed by atoms with Crippen LogP contribution in [0.1, 0.15) is 18.4 Å². The summed E-state index contributed by atoms with van der Waals surface area (Å²) in [6.45, 7) is 0.232. The Morgan fingerprint density at radius 1 is 1.53 bits per heavy atom. The molecule has 4 N–H and O–H groups in total. The zero-order chi connectivity index (χ0) is 12.3. The molecule has 2 rings (SSSR count). The quantitative estimate of drug-likeness (QED) is 0.659. The summed E-state index contributed by atoms with van der Waals surface area (Å²) < 4.78 is 0. The summed E-state index contributed by atoms with van der Waals surface area (Å²) in [5.41, 5.74) is 6.17. The largest absolute Gasteiger partial charge is 0.389 e. The summed E-state index contributed by atoms with van der Waals surface area (Å²) in [4.78, 5) is 15.8. The highest BCUT2D eigenvalue weighted by Crippen LogP contribution is 2.18. The van der Waals surface area contributed by atoms with Crippen molar-refractivity contribution >= 4 is 28.9 Å². The maximum absolute atomic E-state index is 11.4. The molecule has 0 spiro atoms. The predicted octanol–water partition coefficient (Wildman–Crippen LogP) is 0.406. The Morgan fingerprint density at radius 3 is 2.82 bits per heavy atom. The van der Waals surface area contributed by atoms with E-state index in [1.54, 1.807) is 18.3 Å². The van der Waals surface area contributed by atoms with E-state index in [9.17, 15) is 4.79 Å². The lowest BCUT2D eigenvalue weighted by Gasteiger charge is -2.06. The topological polar surface area (TPSA) is 80.0 Å². The number of pyridine rings is 1. The molecule has 5 nitrogen and oxygen atoms in total. The van der Waals surface area contributed by atoms with Crippen LogP contribution in [0.2, 0.25) is 0 Å². The third kappa shape index (κ3) is 3.67. The fourth-order valence-electron chi connectivity index (χ4n) is 1.32. The highest BCUT2D eigenvalue weighted by atomic mass is 32.1. The molecule has 0 atom stereocenters. The van der Waals surface area contributed by atoms with Crippen molar-refractivity contribution in [3.05, 3.63) is 23.9 Å². The Hall–Kier alpha value is -1.69. The molecular formula is C11H14N4OS. The van der Waals surface area contributed by atoms with Crippen LogP contribution < -0.4 is 16.4 Å². The van der Waals surface area contributed by atoms with Gasteiger partial charge >= 0.3 is 0 Å². The Kier molecular flexibility index (Phi) is 3.53. The summed E-state index contributed by atoms with van der Waals surface area (Å²) in [6, 6.07) is 3.91. The minimum Gasteiger partial charge on any atom is -0.389 e. The standard InChI is InChI=1S/C11H14N4OS/c12-11(17)7-1-4-9(13-5-7)14-6-10(16)15-8-2-3-8/h1,4-5,8H,2-3,6H2,(H2,12,17)(H,13,14)(H,15,16). The molecular weight excluding hydrogens is 236 g/mol.